The number of rotatable bonds is 2. The molecule has 1 unspecified atom stereocenters. The Labute approximate surface area is 120 Å². The number of halogens is 2. The molecule has 0 aliphatic rings. The molecule has 0 bridgehead atoms. The number of hydrogen-bond acceptors (Lipinski definition) is 1. The van der Waals surface area contributed by atoms with E-state index >= 15 is 0 Å². The van der Waals surface area contributed by atoms with Gasteiger partial charge in [-0.05, 0) is 65.0 Å². The molecule has 2 aromatic rings. The van der Waals surface area contributed by atoms with E-state index in [9.17, 15) is 0 Å². The SMILES string of the molecule is Cc1cc(C(Cl)c2c(C)cccc2C)sc1Br. The average molecular weight is 330 g/mol. The predicted octanol–water partition coefficient (Wildman–Crippen LogP) is 5.76. The van der Waals surface area contributed by atoms with Gasteiger partial charge in [0.1, 0.15) is 0 Å². The van der Waals surface area contributed by atoms with Crippen LogP contribution in [-0.4, -0.2) is 0 Å². The van der Waals surface area contributed by atoms with Gasteiger partial charge in [-0.1, -0.05) is 18.2 Å². The molecular weight excluding hydrogens is 316 g/mol. The van der Waals surface area contributed by atoms with Crippen molar-refractivity contribution in [3.63, 3.8) is 0 Å². The van der Waals surface area contributed by atoms with Gasteiger partial charge in [-0.25, -0.2) is 0 Å². The zero-order valence-electron chi connectivity index (χ0n) is 10.1. The van der Waals surface area contributed by atoms with Gasteiger partial charge < -0.3 is 0 Å². The summed E-state index contributed by atoms with van der Waals surface area (Å²) in [4.78, 5) is 1.20. The molecule has 1 aromatic carbocycles. The average Bonchev–Trinajstić information content (AvgIpc) is 2.59. The molecule has 0 saturated heterocycles. The highest BCUT2D eigenvalue weighted by Crippen LogP contribution is 2.39. The fraction of sp³-hybridized carbons (Fsp3) is 0.286. The van der Waals surface area contributed by atoms with Gasteiger partial charge in [0.05, 0.1) is 9.16 Å². The Kier molecular flexibility index (Phi) is 3.96. The van der Waals surface area contributed by atoms with Crippen LogP contribution in [0.5, 0.6) is 0 Å². The zero-order valence-corrected chi connectivity index (χ0v) is 13.2. The lowest BCUT2D eigenvalue weighted by Crippen LogP contribution is -1.97. The van der Waals surface area contributed by atoms with Gasteiger partial charge in [0.15, 0.2) is 0 Å². The van der Waals surface area contributed by atoms with Crippen molar-refractivity contribution in [1.29, 1.82) is 0 Å². The minimum Gasteiger partial charge on any atom is -0.131 e. The normalized spacial score (nSPS) is 12.8. The molecule has 0 aliphatic heterocycles. The van der Waals surface area contributed by atoms with E-state index in [0.717, 1.165) is 0 Å². The molecule has 1 heterocycles. The van der Waals surface area contributed by atoms with Gasteiger partial charge in [-0.3, -0.25) is 0 Å². The second-order valence-electron chi connectivity index (χ2n) is 4.27. The number of alkyl halides is 1. The van der Waals surface area contributed by atoms with Crippen molar-refractivity contribution < 1.29 is 0 Å². The Morgan fingerprint density at radius 2 is 1.71 bits per heavy atom. The van der Waals surface area contributed by atoms with Crippen LogP contribution in [0.25, 0.3) is 0 Å². The molecule has 0 amide bonds. The zero-order chi connectivity index (χ0) is 12.6. The summed E-state index contributed by atoms with van der Waals surface area (Å²) < 4.78 is 1.17. The number of thiophene rings is 1. The Bertz CT molecular complexity index is 505. The third kappa shape index (κ3) is 2.59. The van der Waals surface area contributed by atoms with Gasteiger partial charge in [0.25, 0.3) is 0 Å². The monoisotopic (exact) mass is 328 g/mol. The fourth-order valence-corrected chi connectivity index (χ4v) is 4.08. The van der Waals surface area contributed by atoms with Gasteiger partial charge >= 0.3 is 0 Å². The maximum absolute atomic E-state index is 6.62. The third-order valence-corrected chi connectivity index (χ3v) is 5.71. The van der Waals surface area contributed by atoms with Crippen molar-refractivity contribution >= 4 is 38.9 Å². The van der Waals surface area contributed by atoms with Gasteiger partial charge in [0.2, 0.25) is 0 Å². The molecule has 2 rings (SSSR count). The van der Waals surface area contributed by atoms with E-state index in [4.69, 9.17) is 11.6 Å². The minimum atomic E-state index is -0.0498. The summed E-state index contributed by atoms with van der Waals surface area (Å²) in [6, 6.07) is 8.48. The molecule has 0 aliphatic carbocycles. The summed E-state index contributed by atoms with van der Waals surface area (Å²) >= 11 is 11.9. The first-order chi connectivity index (χ1) is 8.00. The number of benzene rings is 1. The van der Waals surface area contributed by atoms with Crippen LogP contribution in [0.1, 0.15) is 32.5 Å². The summed E-state index contributed by atoms with van der Waals surface area (Å²) in [7, 11) is 0. The van der Waals surface area contributed by atoms with Crippen LogP contribution in [0, 0.1) is 20.8 Å². The Morgan fingerprint density at radius 3 is 2.18 bits per heavy atom. The standard InChI is InChI=1S/C14H14BrClS/c1-8-5-4-6-9(2)12(8)13(16)11-7-10(3)14(15)17-11/h4-7,13H,1-3H3. The molecule has 0 spiro atoms. The molecule has 3 heteroatoms. The first kappa shape index (κ1) is 13.1. The first-order valence-corrected chi connectivity index (χ1v) is 7.51. The van der Waals surface area contributed by atoms with E-state index in [1.165, 1.54) is 30.9 Å². The smallest absolute Gasteiger partial charge is 0.0933 e. The third-order valence-electron chi connectivity index (χ3n) is 2.92. The Hall–Kier alpha value is -0.310. The van der Waals surface area contributed by atoms with Crippen molar-refractivity contribution in [1.82, 2.24) is 0 Å². The molecular formula is C14H14BrClS. The molecule has 0 fully saturated rings. The van der Waals surface area contributed by atoms with E-state index in [2.05, 4.69) is 61.0 Å². The van der Waals surface area contributed by atoms with Crippen molar-refractivity contribution in [2.24, 2.45) is 0 Å². The molecule has 0 radical (unpaired) electrons. The highest BCUT2D eigenvalue weighted by atomic mass is 79.9. The maximum Gasteiger partial charge on any atom is 0.0933 e. The van der Waals surface area contributed by atoms with Crippen LogP contribution in [0.4, 0.5) is 0 Å². The second-order valence-corrected chi connectivity index (χ2v) is 7.11. The summed E-state index contributed by atoms with van der Waals surface area (Å²) in [5.74, 6) is 0. The minimum absolute atomic E-state index is 0.0498. The molecule has 17 heavy (non-hydrogen) atoms. The molecule has 1 aromatic heterocycles. The fourth-order valence-electron chi connectivity index (χ4n) is 1.98. The van der Waals surface area contributed by atoms with Gasteiger partial charge in [-0.15, -0.1) is 22.9 Å². The summed E-state index contributed by atoms with van der Waals surface area (Å²) in [6.45, 7) is 6.33. The van der Waals surface area contributed by atoms with Crippen LogP contribution < -0.4 is 0 Å². The number of aryl methyl sites for hydroxylation is 3. The summed E-state index contributed by atoms with van der Waals surface area (Å²) in [6.07, 6.45) is 0. The van der Waals surface area contributed by atoms with E-state index in [1.807, 2.05) is 0 Å². The second kappa shape index (κ2) is 5.13. The lowest BCUT2D eigenvalue weighted by Gasteiger charge is -2.14. The van der Waals surface area contributed by atoms with E-state index in [1.54, 1.807) is 11.3 Å². The van der Waals surface area contributed by atoms with Crippen LogP contribution in [-0.2, 0) is 0 Å². The van der Waals surface area contributed by atoms with E-state index in [-0.39, 0.29) is 5.38 Å². The molecule has 90 valence electrons. The molecule has 0 nitrogen and oxygen atoms in total. The lowest BCUT2D eigenvalue weighted by molar-refractivity contribution is 1.11. The maximum atomic E-state index is 6.62. The van der Waals surface area contributed by atoms with Crippen molar-refractivity contribution in [3.8, 4) is 0 Å². The van der Waals surface area contributed by atoms with Crippen molar-refractivity contribution in [3.05, 3.63) is 55.2 Å². The molecule has 0 saturated carbocycles. The van der Waals surface area contributed by atoms with E-state index < -0.39 is 0 Å². The summed E-state index contributed by atoms with van der Waals surface area (Å²) in [5.41, 5.74) is 5.00. The highest BCUT2D eigenvalue weighted by molar-refractivity contribution is 9.11. The van der Waals surface area contributed by atoms with Crippen molar-refractivity contribution in [2.75, 3.05) is 0 Å². The first-order valence-electron chi connectivity index (χ1n) is 5.46. The van der Waals surface area contributed by atoms with Crippen LogP contribution in [0.3, 0.4) is 0 Å². The van der Waals surface area contributed by atoms with Crippen molar-refractivity contribution in [2.45, 2.75) is 26.1 Å². The lowest BCUT2D eigenvalue weighted by atomic mass is 9.99. The molecule has 0 N–H and O–H groups in total. The molecule has 1 atom stereocenters. The van der Waals surface area contributed by atoms with Crippen LogP contribution in [0.2, 0.25) is 0 Å². The van der Waals surface area contributed by atoms with Crippen LogP contribution >= 0.6 is 38.9 Å². The van der Waals surface area contributed by atoms with E-state index in [0.29, 0.717) is 0 Å². The van der Waals surface area contributed by atoms with Gasteiger partial charge in [0, 0.05) is 4.88 Å². The van der Waals surface area contributed by atoms with Gasteiger partial charge in [-0.2, -0.15) is 0 Å². The predicted molar refractivity (Wildman–Crippen MR) is 80.4 cm³/mol. The quantitative estimate of drug-likeness (QED) is 0.614. The topological polar surface area (TPSA) is 0 Å². The summed E-state index contributed by atoms with van der Waals surface area (Å²) in [5, 5.41) is -0.0498. The van der Waals surface area contributed by atoms with Crippen LogP contribution in [0.15, 0.2) is 28.1 Å². The largest absolute Gasteiger partial charge is 0.131 e. The Morgan fingerprint density at radius 1 is 1.12 bits per heavy atom. The highest BCUT2D eigenvalue weighted by Gasteiger charge is 2.18. The number of hydrogen-bond donors (Lipinski definition) is 0. The Balaban J connectivity index is 2.47.